The van der Waals surface area contributed by atoms with Gasteiger partial charge in [0.25, 0.3) is 0 Å². The van der Waals surface area contributed by atoms with Gasteiger partial charge in [-0.1, -0.05) is 61.8 Å². The molecule has 1 aromatic rings. The van der Waals surface area contributed by atoms with Crippen LogP contribution >= 0.6 is 49.3 Å². The van der Waals surface area contributed by atoms with Gasteiger partial charge >= 0.3 is 6.18 Å². The van der Waals surface area contributed by atoms with E-state index >= 15 is 0 Å². The van der Waals surface area contributed by atoms with Crippen LogP contribution in [0.25, 0.3) is 0 Å². The van der Waals surface area contributed by atoms with Crippen molar-refractivity contribution in [2.45, 2.75) is 19.0 Å². The van der Waals surface area contributed by atoms with Crippen molar-refractivity contribution in [3.05, 3.63) is 35.4 Å². The lowest BCUT2D eigenvalue weighted by Crippen LogP contribution is -2.24. The average Bonchev–Trinajstić information content (AvgIpc) is 2.43. The minimum Gasteiger partial charge on any atom is -0.174 e. The molecule has 1 rings (SSSR count). The normalized spacial score (nSPS) is 12.8. The molecule has 0 N–H and O–H groups in total. The van der Waals surface area contributed by atoms with Crippen molar-refractivity contribution < 1.29 is 13.2 Å². The summed E-state index contributed by atoms with van der Waals surface area (Å²) in [5.74, 6) is -0.110. The SMILES string of the molecule is CC(C(=S)C(=S)C(=S)CS)c1cccc(C(F)(F)F)c1. The lowest BCUT2D eigenvalue weighted by molar-refractivity contribution is -0.137. The topological polar surface area (TPSA) is 0 Å². The summed E-state index contributed by atoms with van der Waals surface area (Å²) in [6.45, 7) is 1.71. The first kappa shape index (κ1) is 17.7. The van der Waals surface area contributed by atoms with Crippen molar-refractivity contribution in [1.82, 2.24) is 0 Å². The number of hydrogen-bond donors (Lipinski definition) is 1. The van der Waals surface area contributed by atoms with Gasteiger partial charge in [-0.05, 0) is 11.6 Å². The highest BCUT2D eigenvalue weighted by Crippen LogP contribution is 2.31. The second-order valence-electron chi connectivity index (χ2n) is 4.12. The summed E-state index contributed by atoms with van der Waals surface area (Å²) in [6, 6.07) is 5.06. The average molecular weight is 352 g/mol. The largest absolute Gasteiger partial charge is 0.416 e. The van der Waals surface area contributed by atoms with E-state index in [1.165, 1.54) is 6.07 Å². The summed E-state index contributed by atoms with van der Waals surface area (Å²) < 4.78 is 38.1. The number of alkyl halides is 3. The number of benzene rings is 1. The molecule has 0 aliphatic rings. The van der Waals surface area contributed by atoms with Gasteiger partial charge in [0.05, 0.1) is 10.4 Å². The zero-order valence-corrected chi connectivity index (χ0v) is 13.7. The highest BCUT2D eigenvalue weighted by molar-refractivity contribution is 7.96. The smallest absolute Gasteiger partial charge is 0.174 e. The van der Waals surface area contributed by atoms with Crippen LogP contribution in [0.4, 0.5) is 13.2 Å². The van der Waals surface area contributed by atoms with Gasteiger partial charge in [-0.15, -0.1) is 0 Å². The van der Waals surface area contributed by atoms with Crippen molar-refractivity contribution >= 4 is 63.9 Å². The third kappa shape index (κ3) is 4.31. The Morgan fingerprint density at radius 1 is 1.25 bits per heavy atom. The maximum absolute atomic E-state index is 12.7. The standard InChI is InChI=1S/C13H11F3S4/c1-7(11(19)12(20)10(18)6-17)8-3-2-4-9(5-8)13(14,15)16/h2-5,7,17H,6H2,1H3. The van der Waals surface area contributed by atoms with Crippen LogP contribution in [-0.2, 0) is 6.18 Å². The fraction of sp³-hybridized carbons (Fsp3) is 0.308. The fourth-order valence-corrected chi connectivity index (χ4v) is 2.49. The summed E-state index contributed by atoms with van der Waals surface area (Å²) in [6.07, 6.45) is -4.38. The van der Waals surface area contributed by atoms with Gasteiger partial charge in [-0.2, -0.15) is 25.8 Å². The van der Waals surface area contributed by atoms with E-state index in [0.717, 1.165) is 12.1 Å². The van der Waals surface area contributed by atoms with E-state index in [-0.39, 0.29) is 0 Å². The van der Waals surface area contributed by atoms with Gasteiger partial charge in [0.15, 0.2) is 0 Å². The molecule has 0 aromatic heterocycles. The molecular weight excluding hydrogens is 341 g/mol. The molecule has 1 aromatic carbocycles. The maximum atomic E-state index is 12.7. The third-order valence-corrected chi connectivity index (χ3v) is 4.89. The molecule has 0 amide bonds. The first-order chi connectivity index (χ1) is 9.18. The Bertz CT molecular complexity index is 549. The molecule has 20 heavy (non-hydrogen) atoms. The molecule has 0 heterocycles. The van der Waals surface area contributed by atoms with E-state index in [1.54, 1.807) is 13.0 Å². The van der Waals surface area contributed by atoms with E-state index in [2.05, 4.69) is 12.6 Å². The van der Waals surface area contributed by atoms with Gasteiger partial charge in [-0.3, -0.25) is 0 Å². The third-order valence-electron chi connectivity index (χ3n) is 2.73. The molecule has 0 bridgehead atoms. The second-order valence-corrected chi connectivity index (χ2v) is 5.78. The Kier molecular flexibility index (Phi) is 6.25. The van der Waals surface area contributed by atoms with Gasteiger partial charge in [0.2, 0.25) is 0 Å². The Labute approximate surface area is 137 Å². The summed E-state index contributed by atoms with van der Waals surface area (Å²) in [5, 5.41) is 0. The monoisotopic (exact) mass is 352 g/mol. The van der Waals surface area contributed by atoms with Crippen LogP contribution < -0.4 is 0 Å². The molecule has 7 heteroatoms. The van der Waals surface area contributed by atoms with Crippen molar-refractivity contribution in [1.29, 1.82) is 0 Å². The van der Waals surface area contributed by atoms with Crippen molar-refractivity contribution in [2.24, 2.45) is 0 Å². The molecular formula is C13H11F3S4. The van der Waals surface area contributed by atoms with E-state index < -0.39 is 17.7 Å². The van der Waals surface area contributed by atoms with E-state index in [0.29, 0.717) is 25.9 Å². The molecule has 0 saturated carbocycles. The molecule has 0 aliphatic heterocycles. The predicted molar refractivity (Wildman–Crippen MR) is 91.5 cm³/mol. The van der Waals surface area contributed by atoms with Gasteiger partial charge in [0.1, 0.15) is 0 Å². The number of hydrogen-bond acceptors (Lipinski definition) is 4. The lowest BCUT2D eigenvalue weighted by atomic mass is 9.93. The number of halogens is 3. The van der Waals surface area contributed by atoms with Crippen LogP contribution in [-0.4, -0.2) is 20.3 Å². The molecule has 0 saturated heterocycles. The number of rotatable bonds is 5. The zero-order chi connectivity index (χ0) is 15.5. The quantitative estimate of drug-likeness (QED) is 0.595. The Hall–Kier alpha value is -0.370. The number of thiocarbonyl (C=S) groups is 3. The molecule has 0 nitrogen and oxygen atoms in total. The molecule has 1 atom stereocenters. The molecule has 108 valence electrons. The Morgan fingerprint density at radius 3 is 2.35 bits per heavy atom. The van der Waals surface area contributed by atoms with Crippen molar-refractivity contribution in [3.63, 3.8) is 0 Å². The van der Waals surface area contributed by atoms with Crippen LogP contribution in [0.15, 0.2) is 24.3 Å². The molecule has 0 fully saturated rings. The van der Waals surface area contributed by atoms with E-state index in [9.17, 15) is 13.2 Å². The molecule has 1 unspecified atom stereocenters. The van der Waals surface area contributed by atoms with Crippen molar-refractivity contribution in [3.8, 4) is 0 Å². The minimum atomic E-state index is -4.38. The highest BCUT2D eigenvalue weighted by Gasteiger charge is 2.31. The zero-order valence-electron chi connectivity index (χ0n) is 10.4. The first-order valence-electron chi connectivity index (χ1n) is 5.58. The van der Waals surface area contributed by atoms with Gasteiger partial charge < -0.3 is 0 Å². The Morgan fingerprint density at radius 2 is 1.85 bits per heavy atom. The first-order valence-corrected chi connectivity index (χ1v) is 7.43. The van der Waals surface area contributed by atoms with Gasteiger partial charge in [0, 0.05) is 21.4 Å². The van der Waals surface area contributed by atoms with Crippen LogP contribution in [0.5, 0.6) is 0 Å². The van der Waals surface area contributed by atoms with E-state index in [4.69, 9.17) is 36.7 Å². The summed E-state index contributed by atoms with van der Waals surface area (Å²) in [4.78, 5) is 1.14. The van der Waals surface area contributed by atoms with Crippen LogP contribution in [0.1, 0.15) is 24.0 Å². The molecule has 0 aliphatic carbocycles. The second kappa shape index (κ2) is 7.06. The predicted octanol–water partition coefficient (Wildman–Crippen LogP) is 4.85. The summed E-state index contributed by atoms with van der Waals surface area (Å²) in [7, 11) is 0. The minimum absolute atomic E-state index is 0.295. The lowest BCUT2D eigenvalue weighted by Gasteiger charge is -2.16. The molecule has 0 radical (unpaired) electrons. The van der Waals surface area contributed by atoms with Crippen LogP contribution in [0, 0.1) is 0 Å². The van der Waals surface area contributed by atoms with E-state index in [1.807, 2.05) is 0 Å². The summed E-state index contributed by atoms with van der Waals surface area (Å²) >= 11 is 19.4. The maximum Gasteiger partial charge on any atom is 0.416 e. The fourth-order valence-electron chi connectivity index (χ4n) is 1.54. The Balaban J connectivity index is 3.04. The van der Waals surface area contributed by atoms with Crippen LogP contribution in [0.3, 0.4) is 0 Å². The summed E-state index contributed by atoms with van der Waals surface area (Å²) in [5.41, 5.74) is -0.235. The highest BCUT2D eigenvalue weighted by atomic mass is 32.1. The van der Waals surface area contributed by atoms with Crippen molar-refractivity contribution in [2.75, 3.05) is 5.75 Å². The van der Waals surface area contributed by atoms with Crippen LogP contribution in [0.2, 0.25) is 0 Å². The number of thiol groups is 1. The van der Waals surface area contributed by atoms with Gasteiger partial charge in [-0.25, -0.2) is 0 Å². The molecule has 0 spiro atoms.